The molecule has 0 saturated heterocycles. The van der Waals surface area contributed by atoms with Crippen LogP contribution in [0.3, 0.4) is 0 Å². The lowest BCUT2D eigenvalue weighted by Crippen LogP contribution is -2.27. The van der Waals surface area contributed by atoms with E-state index in [9.17, 15) is 13.2 Å². The number of hydrogen-bond donors (Lipinski definition) is 0. The Bertz CT molecular complexity index is 1140. The molecule has 3 rings (SSSR count). The minimum absolute atomic E-state index is 0.0961. The fourth-order valence-electron chi connectivity index (χ4n) is 2.62. The van der Waals surface area contributed by atoms with Crippen molar-refractivity contribution in [1.82, 2.24) is 14.2 Å². The van der Waals surface area contributed by atoms with Gasteiger partial charge in [0.1, 0.15) is 16.4 Å². The smallest absolute Gasteiger partial charge is 0.244 e. The van der Waals surface area contributed by atoms with Crippen LogP contribution in [0.1, 0.15) is 5.76 Å². The second kappa shape index (κ2) is 9.86. The van der Waals surface area contributed by atoms with Crippen molar-refractivity contribution >= 4 is 39.3 Å². The Balaban J connectivity index is 1.55. The number of amides is 1. The van der Waals surface area contributed by atoms with Crippen LogP contribution in [0.5, 0.6) is 0 Å². The summed E-state index contributed by atoms with van der Waals surface area (Å²) in [6, 6.07) is 14.1. The van der Waals surface area contributed by atoms with Crippen LogP contribution >= 0.6 is 23.4 Å². The molecule has 2 aromatic heterocycles. The fourth-order valence-corrected chi connectivity index (χ4v) is 4.37. The van der Waals surface area contributed by atoms with Gasteiger partial charge in [0, 0.05) is 37.9 Å². The summed E-state index contributed by atoms with van der Waals surface area (Å²) < 4.78 is 31.1. The highest BCUT2D eigenvalue weighted by Crippen LogP contribution is 2.25. The number of carbonyl (C=O) groups excluding carboxylic acids is 1. The quantitative estimate of drug-likeness (QED) is 0.454. The first-order valence-electron chi connectivity index (χ1n) is 9.27. The van der Waals surface area contributed by atoms with E-state index in [2.05, 4.69) is 4.98 Å². The molecule has 1 aromatic carbocycles. The monoisotopic (exact) mass is 479 g/mol. The first-order chi connectivity index (χ1) is 14.7. The first kappa shape index (κ1) is 23.3. The molecular formula is C21H22ClN3O4S2. The van der Waals surface area contributed by atoms with Crippen LogP contribution in [0.4, 0.5) is 0 Å². The molecule has 0 saturated carbocycles. The van der Waals surface area contributed by atoms with Crippen molar-refractivity contribution in [1.29, 1.82) is 0 Å². The van der Waals surface area contributed by atoms with Crippen LogP contribution in [-0.4, -0.2) is 55.4 Å². The van der Waals surface area contributed by atoms with E-state index in [1.54, 1.807) is 30.1 Å². The standard InChI is InChI=1S/C21H22ClN3O4S2/c1-24(2)31(27,28)18-9-11-20(23-12-18)30-14-21(26)25(3)13-17-8-10-19(29-17)15-4-6-16(22)7-5-15/h4-12H,13-14H2,1-3H3. The number of thioether (sulfide) groups is 1. The van der Waals surface area contributed by atoms with Crippen molar-refractivity contribution in [2.75, 3.05) is 26.9 Å². The van der Waals surface area contributed by atoms with Gasteiger partial charge in [-0.2, -0.15) is 0 Å². The molecule has 0 aliphatic heterocycles. The number of pyridine rings is 1. The van der Waals surface area contributed by atoms with Crippen molar-refractivity contribution in [2.24, 2.45) is 0 Å². The van der Waals surface area contributed by atoms with Gasteiger partial charge >= 0.3 is 0 Å². The van der Waals surface area contributed by atoms with Crippen molar-refractivity contribution in [3.8, 4) is 11.3 Å². The van der Waals surface area contributed by atoms with Gasteiger partial charge in [-0.1, -0.05) is 23.4 Å². The van der Waals surface area contributed by atoms with Crippen LogP contribution < -0.4 is 0 Å². The van der Waals surface area contributed by atoms with Gasteiger partial charge in [0.2, 0.25) is 15.9 Å². The molecule has 0 aliphatic carbocycles. The number of rotatable bonds is 8. The van der Waals surface area contributed by atoms with E-state index < -0.39 is 10.0 Å². The number of halogens is 1. The van der Waals surface area contributed by atoms with Crippen LogP contribution in [0.2, 0.25) is 5.02 Å². The molecule has 2 heterocycles. The summed E-state index contributed by atoms with van der Waals surface area (Å²) >= 11 is 7.16. The highest BCUT2D eigenvalue weighted by atomic mass is 35.5. The summed E-state index contributed by atoms with van der Waals surface area (Å²) in [5.74, 6) is 1.45. The lowest BCUT2D eigenvalue weighted by molar-refractivity contribution is -0.127. The first-order valence-corrected chi connectivity index (χ1v) is 12.1. The van der Waals surface area contributed by atoms with Crippen molar-refractivity contribution in [3.05, 3.63) is 65.5 Å². The molecule has 0 bridgehead atoms. The molecule has 31 heavy (non-hydrogen) atoms. The van der Waals surface area contributed by atoms with E-state index in [-0.39, 0.29) is 16.6 Å². The lowest BCUT2D eigenvalue weighted by Gasteiger charge is -2.15. The Hall–Kier alpha value is -2.33. The van der Waals surface area contributed by atoms with Crippen LogP contribution in [0.15, 0.2) is 69.1 Å². The SMILES string of the molecule is CN(Cc1ccc(-c2ccc(Cl)cc2)o1)C(=O)CSc1ccc(S(=O)(=O)N(C)C)cn1. The van der Waals surface area contributed by atoms with Gasteiger partial charge in [-0.05, 0) is 48.5 Å². The maximum Gasteiger partial charge on any atom is 0.244 e. The highest BCUT2D eigenvalue weighted by molar-refractivity contribution is 7.99. The number of sulfonamides is 1. The van der Waals surface area contributed by atoms with Gasteiger partial charge in [-0.25, -0.2) is 17.7 Å². The number of aromatic nitrogens is 1. The third kappa shape index (κ3) is 5.88. The molecule has 0 aliphatic rings. The third-order valence-corrected chi connectivity index (χ3v) is 7.42. The largest absolute Gasteiger partial charge is 0.459 e. The number of hydrogen-bond acceptors (Lipinski definition) is 6. The zero-order valence-electron chi connectivity index (χ0n) is 17.3. The van der Waals surface area contributed by atoms with Gasteiger partial charge in [0.05, 0.1) is 17.3 Å². The average molecular weight is 480 g/mol. The predicted molar refractivity (Wildman–Crippen MR) is 121 cm³/mol. The Labute approximate surface area is 191 Å². The van der Waals surface area contributed by atoms with E-state index in [1.165, 1.54) is 38.1 Å². The van der Waals surface area contributed by atoms with E-state index in [0.29, 0.717) is 28.1 Å². The van der Waals surface area contributed by atoms with Crippen molar-refractivity contribution < 1.29 is 17.6 Å². The predicted octanol–water partition coefficient (Wildman–Crippen LogP) is 4.00. The zero-order chi connectivity index (χ0) is 22.6. The van der Waals surface area contributed by atoms with E-state index in [1.807, 2.05) is 24.3 Å². The summed E-state index contributed by atoms with van der Waals surface area (Å²) in [7, 11) is 1.10. The lowest BCUT2D eigenvalue weighted by atomic mass is 10.2. The second-order valence-electron chi connectivity index (χ2n) is 6.93. The fraction of sp³-hybridized carbons (Fsp3) is 0.238. The van der Waals surface area contributed by atoms with Crippen LogP contribution in [0.25, 0.3) is 11.3 Å². The summed E-state index contributed by atoms with van der Waals surface area (Å²) in [5, 5.41) is 1.23. The van der Waals surface area contributed by atoms with E-state index >= 15 is 0 Å². The molecule has 164 valence electrons. The third-order valence-electron chi connectivity index (χ3n) is 4.44. The maximum atomic E-state index is 12.5. The normalized spacial score (nSPS) is 11.6. The summed E-state index contributed by atoms with van der Waals surface area (Å²) in [4.78, 5) is 18.3. The average Bonchev–Trinajstić information content (AvgIpc) is 3.21. The van der Waals surface area contributed by atoms with Gasteiger partial charge in [0.25, 0.3) is 0 Å². The number of benzene rings is 1. The minimum atomic E-state index is -3.52. The number of furan rings is 1. The Kier molecular flexibility index (Phi) is 7.42. The van der Waals surface area contributed by atoms with Gasteiger partial charge in [-0.3, -0.25) is 4.79 Å². The topological polar surface area (TPSA) is 83.7 Å². The van der Waals surface area contributed by atoms with Gasteiger partial charge in [0.15, 0.2) is 0 Å². The summed E-state index contributed by atoms with van der Waals surface area (Å²) in [5.41, 5.74) is 0.908. The Morgan fingerprint density at radius 2 is 1.77 bits per heavy atom. The minimum Gasteiger partial charge on any atom is -0.459 e. The Morgan fingerprint density at radius 3 is 2.39 bits per heavy atom. The number of nitrogens with zero attached hydrogens (tertiary/aromatic N) is 3. The van der Waals surface area contributed by atoms with Crippen LogP contribution in [-0.2, 0) is 21.4 Å². The second-order valence-corrected chi connectivity index (χ2v) is 10.5. The molecular weight excluding hydrogens is 458 g/mol. The maximum absolute atomic E-state index is 12.5. The van der Waals surface area contributed by atoms with E-state index in [0.717, 1.165) is 9.87 Å². The molecule has 7 nitrogen and oxygen atoms in total. The molecule has 0 fully saturated rings. The molecule has 0 spiro atoms. The Morgan fingerprint density at radius 1 is 1.06 bits per heavy atom. The molecule has 0 N–H and O–H groups in total. The van der Waals surface area contributed by atoms with E-state index in [4.69, 9.17) is 16.0 Å². The van der Waals surface area contributed by atoms with Crippen molar-refractivity contribution in [2.45, 2.75) is 16.5 Å². The molecule has 0 radical (unpaired) electrons. The van der Waals surface area contributed by atoms with Gasteiger partial charge < -0.3 is 9.32 Å². The molecule has 10 heteroatoms. The molecule has 0 unspecified atom stereocenters. The van der Waals surface area contributed by atoms with Crippen molar-refractivity contribution in [3.63, 3.8) is 0 Å². The van der Waals surface area contributed by atoms with Gasteiger partial charge in [-0.15, -0.1) is 0 Å². The molecule has 0 atom stereocenters. The van der Waals surface area contributed by atoms with Crippen LogP contribution in [0, 0.1) is 0 Å². The molecule has 1 amide bonds. The molecule has 3 aromatic rings. The summed E-state index contributed by atoms with van der Waals surface area (Å²) in [6.07, 6.45) is 1.30. The highest BCUT2D eigenvalue weighted by Gasteiger charge is 2.18. The number of carbonyl (C=O) groups is 1. The summed E-state index contributed by atoms with van der Waals surface area (Å²) in [6.45, 7) is 0.334. The zero-order valence-corrected chi connectivity index (χ0v) is 19.7.